The van der Waals surface area contributed by atoms with Gasteiger partial charge in [0.15, 0.2) is 0 Å². The highest BCUT2D eigenvalue weighted by atomic mass is 16.2. The van der Waals surface area contributed by atoms with E-state index >= 15 is 0 Å². The quantitative estimate of drug-likeness (QED) is 0.318. The molecule has 0 saturated carbocycles. The number of fused-ring (bicyclic) bond motifs is 2. The van der Waals surface area contributed by atoms with Crippen molar-refractivity contribution in [2.45, 2.75) is 26.3 Å². The second kappa shape index (κ2) is 9.37. The average Bonchev–Trinajstić information content (AvgIpc) is 3.35. The van der Waals surface area contributed by atoms with Crippen molar-refractivity contribution in [3.63, 3.8) is 0 Å². The van der Waals surface area contributed by atoms with Crippen LogP contribution in [0.2, 0.25) is 0 Å². The van der Waals surface area contributed by atoms with Crippen LogP contribution in [0.3, 0.4) is 0 Å². The summed E-state index contributed by atoms with van der Waals surface area (Å²) in [5, 5.41) is 0. The number of aromatic nitrogens is 4. The molecular formula is C29H30N6O2. The Balaban J connectivity index is 1.17. The number of nitrogens with one attached hydrogen (secondary N) is 3. The van der Waals surface area contributed by atoms with Gasteiger partial charge in [-0.1, -0.05) is 50.2 Å². The summed E-state index contributed by atoms with van der Waals surface area (Å²) in [6.07, 6.45) is 0. The molecule has 3 N–H and O–H groups in total. The van der Waals surface area contributed by atoms with Gasteiger partial charge in [-0.05, 0) is 41.3 Å². The van der Waals surface area contributed by atoms with E-state index in [1.54, 1.807) is 0 Å². The van der Waals surface area contributed by atoms with E-state index in [4.69, 9.17) is 4.98 Å². The third-order valence-electron chi connectivity index (χ3n) is 7.25. The molecule has 0 amide bonds. The Morgan fingerprint density at radius 1 is 0.811 bits per heavy atom. The van der Waals surface area contributed by atoms with Crippen molar-refractivity contribution >= 4 is 27.8 Å². The standard InChI is InChI=1S/C29H30N6O2/c1-18(2)20-7-9-21(10-8-20)27-30-23-4-3-5-25(26(23)33-27)35-14-12-34(13-15-35)17-19-6-11-22-24(16-19)32-29(37)28(36)31-22/h3-11,16,18H,12-15,17H2,1-2H3,(H,30,33)(H,31,36)(H,32,37). The number of rotatable bonds is 5. The highest BCUT2D eigenvalue weighted by molar-refractivity contribution is 5.91. The van der Waals surface area contributed by atoms with Gasteiger partial charge in [0.25, 0.3) is 0 Å². The molecule has 1 aliphatic rings. The summed E-state index contributed by atoms with van der Waals surface area (Å²) < 4.78 is 0. The number of hydrogen-bond acceptors (Lipinski definition) is 5. The smallest absolute Gasteiger partial charge is 0.314 e. The van der Waals surface area contributed by atoms with Gasteiger partial charge in [-0.2, -0.15) is 0 Å². The monoisotopic (exact) mass is 494 g/mol. The van der Waals surface area contributed by atoms with Crippen LogP contribution in [0.25, 0.3) is 33.5 Å². The van der Waals surface area contributed by atoms with E-state index < -0.39 is 11.1 Å². The maximum atomic E-state index is 11.7. The molecule has 6 rings (SSSR count). The first-order chi connectivity index (χ1) is 17.9. The maximum absolute atomic E-state index is 11.7. The fourth-order valence-electron chi connectivity index (χ4n) is 5.10. The van der Waals surface area contributed by atoms with Crippen molar-refractivity contribution in [2.24, 2.45) is 0 Å². The summed E-state index contributed by atoms with van der Waals surface area (Å²) in [4.78, 5) is 41.9. The first-order valence-corrected chi connectivity index (χ1v) is 12.8. The Morgan fingerprint density at radius 2 is 1.54 bits per heavy atom. The van der Waals surface area contributed by atoms with Gasteiger partial charge >= 0.3 is 11.1 Å². The first-order valence-electron chi connectivity index (χ1n) is 12.8. The fourth-order valence-corrected chi connectivity index (χ4v) is 5.10. The van der Waals surface area contributed by atoms with Crippen molar-refractivity contribution in [1.82, 2.24) is 24.8 Å². The van der Waals surface area contributed by atoms with Gasteiger partial charge in [0.2, 0.25) is 0 Å². The lowest BCUT2D eigenvalue weighted by atomic mass is 10.0. The predicted octanol–water partition coefficient (Wildman–Crippen LogP) is 4.21. The Labute approximate surface area is 214 Å². The predicted molar refractivity (Wildman–Crippen MR) is 148 cm³/mol. The molecule has 0 bridgehead atoms. The Morgan fingerprint density at radius 3 is 2.27 bits per heavy atom. The van der Waals surface area contributed by atoms with E-state index in [9.17, 15) is 9.59 Å². The molecule has 0 unspecified atom stereocenters. The summed E-state index contributed by atoms with van der Waals surface area (Å²) in [6, 6.07) is 20.8. The van der Waals surface area contributed by atoms with Crippen LogP contribution in [0.5, 0.6) is 0 Å². The zero-order valence-electron chi connectivity index (χ0n) is 21.0. The molecule has 8 nitrogen and oxygen atoms in total. The van der Waals surface area contributed by atoms with Crippen molar-refractivity contribution in [3.05, 3.63) is 92.5 Å². The molecule has 188 valence electrons. The molecule has 0 spiro atoms. The SMILES string of the molecule is CC(C)c1ccc(-c2nc3c(N4CCN(Cc5ccc6[nH]c(=O)c(=O)[nH]c6c5)CC4)cccc3[nH]2)cc1. The van der Waals surface area contributed by atoms with Gasteiger partial charge in [-0.15, -0.1) is 0 Å². The van der Waals surface area contributed by atoms with E-state index in [2.05, 4.69) is 81.1 Å². The van der Waals surface area contributed by atoms with Crippen LogP contribution in [0.1, 0.15) is 30.9 Å². The highest BCUT2D eigenvalue weighted by Gasteiger charge is 2.20. The zero-order chi connectivity index (χ0) is 25.5. The van der Waals surface area contributed by atoms with Gasteiger partial charge < -0.3 is 19.9 Å². The van der Waals surface area contributed by atoms with Gasteiger partial charge in [-0.25, -0.2) is 4.98 Å². The Kier molecular flexibility index (Phi) is 5.88. The zero-order valence-corrected chi connectivity index (χ0v) is 21.0. The fraction of sp³-hybridized carbons (Fsp3) is 0.276. The van der Waals surface area contributed by atoms with E-state index in [1.165, 1.54) is 5.56 Å². The number of H-pyrrole nitrogens is 3. The summed E-state index contributed by atoms with van der Waals surface area (Å²) in [5.41, 5.74) is 6.78. The van der Waals surface area contributed by atoms with Crippen LogP contribution in [-0.4, -0.2) is 51.0 Å². The molecule has 3 aromatic carbocycles. The lowest BCUT2D eigenvalue weighted by Gasteiger charge is -2.36. The minimum Gasteiger partial charge on any atom is -0.367 e. The van der Waals surface area contributed by atoms with Crippen molar-refractivity contribution in [3.8, 4) is 11.4 Å². The molecule has 1 aliphatic heterocycles. The topological polar surface area (TPSA) is 101 Å². The van der Waals surface area contributed by atoms with Gasteiger partial charge in [0, 0.05) is 38.3 Å². The second-order valence-electron chi connectivity index (χ2n) is 10.1. The second-order valence-corrected chi connectivity index (χ2v) is 10.1. The number of benzene rings is 3. The average molecular weight is 495 g/mol. The van der Waals surface area contributed by atoms with Crippen LogP contribution in [0.4, 0.5) is 5.69 Å². The van der Waals surface area contributed by atoms with Crippen molar-refractivity contribution in [1.29, 1.82) is 0 Å². The van der Waals surface area contributed by atoms with E-state index in [0.29, 0.717) is 17.0 Å². The summed E-state index contributed by atoms with van der Waals surface area (Å²) in [5.74, 6) is 1.40. The van der Waals surface area contributed by atoms with Gasteiger partial charge in [0.1, 0.15) is 11.3 Å². The van der Waals surface area contributed by atoms with Crippen LogP contribution in [-0.2, 0) is 6.54 Å². The van der Waals surface area contributed by atoms with Gasteiger partial charge in [0.05, 0.1) is 22.2 Å². The summed E-state index contributed by atoms with van der Waals surface area (Å²) in [7, 11) is 0. The van der Waals surface area contributed by atoms with Crippen LogP contribution < -0.4 is 16.0 Å². The summed E-state index contributed by atoms with van der Waals surface area (Å²) in [6.45, 7) is 8.84. The van der Waals surface area contributed by atoms with Crippen LogP contribution in [0, 0.1) is 0 Å². The maximum Gasteiger partial charge on any atom is 0.314 e. The van der Waals surface area contributed by atoms with E-state index in [1.807, 2.05) is 18.2 Å². The number of piperazine rings is 1. The lowest BCUT2D eigenvalue weighted by Crippen LogP contribution is -2.46. The number of imidazole rings is 1. The van der Waals surface area contributed by atoms with Crippen molar-refractivity contribution < 1.29 is 0 Å². The number of aromatic amines is 3. The van der Waals surface area contributed by atoms with E-state index in [-0.39, 0.29) is 0 Å². The molecule has 8 heteroatoms. The molecular weight excluding hydrogens is 464 g/mol. The Bertz CT molecular complexity index is 1690. The summed E-state index contributed by atoms with van der Waals surface area (Å²) >= 11 is 0. The van der Waals surface area contributed by atoms with Crippen LogP contribution in [0.15, 0.2) is 70.3 Å². The number of hydrogen-bond donors (Lipinski definition) is 3. The molecule has 0 atom stereocenters. The molecule has 1 fully saturated rings. The number of anilines is 1. The molecule has 1 saturated heterocycles. The van der Waals surface area contributed by atoms with E-state index in [0.717, 1.165) is 66.4 Å². The third kappa shape index (κ3) is 4.56. The van der Waals surface area contributed by atoms with Crippen LogP contribution >= 0.6 is 0 Å². The molecule has 3 heterocycles. The van der Waals surface area contributed by atoms with Gasteiger partial charge in [-0.3, -0.25) is 14.5 Å². The third-order valence-corrected chi connectivity index (χ3v) is 7.25. The first kappa shape index (κ1) is 23.2. The molecule has 37 heavy (non-hydrogen) atoms. The molecule has 5 aromatic rings. The minimum absolute atomic E-state index is 0.505. The normalized spacial score (nSPS) is 14.7. The lowest BCUT2D eigenvalue weighted by molar-refractivity contribution is 0.250. The molecule has 2 aromatic heterocycles. The Hall–Kier alpha value is -4.17. The minimum atomic E-state index is -0.626. The number of nitrogens with zero attached hydrogens (tertiary/aromatic N) is 3. The number of para-hydroxylation sites is 1. The molecule has 0 aliphatic carbocycles. The highest BCUT2D eigenvalue weighted by Crippen LogP contribution is 2.30. The molecule has 0 radical (unpaired) electrons. The van der Waals surface area contributed by atoms with Crippen molar-refractivity contribution in [2.75, 3.05) is 31.1 Å². The largest absolute Gasteiger partial charge is 0.367 e.